The zero-order valence-corrected chi connectivity index (χ0v) is 17.7. The molecule has 4 rings (SSSR count). The van der Waals surface area contributed by atoms with Gasteiger partial charge in [0.05, 0.1) is 17.3 Å². The molecule has 0 aliphatic carbocycles. The number of piperidine rings is 1. The first-order chi connectivity index (χ1) is 13.8. The predicted octanol–water partition coefficient (Wildman–Crippen LogP) is 2.87. The van der Waals surface area contributed by atoms with Crippen LogP contribution >= 0.6 is 0 Å². The van der Waals surface area contributed by atoms with Crippen molar-refractivity contribution >= 4 is 28.7 Å². The molecule has 2 aromatic rings. The van der Waals surface area contributed by atoms with Crippen LogP contribution in [0.2, 0.25) is 0 Å². The monoisotopic (exact) mass is 398 g/mol. The van der Waals surface area contributed by atoms with Gasteiger partial charge in [-0.3, -0.25) is 14.8 Å². The number of carbonyl (C=O) groups excluding carboxylic acids is 2. The molecular formula is C21H30N6O2. The summed E-state index contributed by atoms with van der Waals surface area (Å²) in [5.74, 6) is 0.552. The fourth-order valence-electron chi connectivity index (χ4n) is 4.64. The van der Waals surface area contributed by atoms with Crippen molar-refractivity contribution in [3.8, 4) is 0 Å². The molecule has 2 aliphatic heterocycles. The van der Waals surface area contributed by atoms with Crippen LogP contribution in [0.25, 0.3) is 11.0 Å². The molecule has 3 amide bonds. The van der Waals surface area contributed by atoms with E-state index in [4.69, 9.17) is 0 Å². The highest BCUT2D eigenvalue weighted by atomic mass is 16.2. The minimum Gasteiger partial charge on any atom is -0.371 e. The second-order valence-electron chi connectivity index (χ2n) is 9.08. The Hall–Kier alpha value is -2.64. The summed E-state index contributed by atoms with van der Waals surface area (Å²) in [5, 5.41) is 8.00. The Labute approximate surface area is 171 Å². The van der Waals surface area contributed by atoms with E-state index in [2.05, 4.69) is 33.9 Å². The van der Waals surface area contributed by atoms with Gasteiger partial charge in [-0.15, -0.1) is 0 Å². The van der Waals surface area contributed by atoms with Crippen molar-refractivity contribution < 1.29 is 9.59 Å². The van der Waals surface area contributed by atoms with Gasteiger partial charge in [0.25, 0.3) is 5.91 Å². The molecule has 0 radical (unpaired) electrons. The molecule has 2 aromatic heterocycles. The molecule has 0 aromatic carbocycles. The summed E-state index contributed by atoms with van der Waals surface area (Å²) in [4.78, 5) is 36.5. The predicted molar refractivity (Wildman–Crippen MR) is 112 cm³/mol. The van der Waals surface area contributed by atoms with Crippen LogP contribution in [0.5, 0.6) is 0 Å². The van der Waals surface area contributed by atoms with Crippen LogP contribution in [0.3, 0.4) is 0 Å². The minimum atomic E-state index is -0.713. The molecule has 1 spiro atoms. The fraction of sp³-hybridized carbons (Fsp3) is 0.619. The van der Waals surface area contributed by atoms with E-state index in [0.29, 0.717) is 44.9 Å². The minimum absolute atomic E-state index is 0.0142. The lowest BCUT2D eigenvalue weighted by molar-refractivity contribution is -0.134. The molecule has 0 atom stereocenters. The van der Waals surface area contributed by atoms with E-state index < -0.39 is 5.54 Å². The molecule has 8 heteroatoms. The quantitative estimate of drug-likeness (QED) is 0.783. The first-order valence-corrected chi connectivity index (χ1v) is 10.5. The van der Waals surface area contributed by atoms with E-state index in [9.17, 15) is 9.59 Å². The van der Waals surface area contributed by atoms with Crippen LogP contribution in [0, 0.1) is 11.8 Å². The first-order valence-electron chi connectivity index (χ1n) is 10.5. The van der Waals surface area contributed by atoms with Crippen molar-refractivity contribution in [2.24, 2.45) is 11.8 Å². The SMILES string of the molecule is CC(C)CN1C(=O)N(CC(C)C)C2(CCN(c3ccnc4[nH]ncc34)CC2)C1=O. The maximum atomic E-state index is 13.5. The zero-order chi connectivity index (χ0) is 20.8. The normalized spacial score (nSPS) is 19.6. The molecule has 2 aliphatic rings. The number of H-pyrrole nitrogens is 1. The van der Waals surface area contributed by atoms with E-state index in [1.54, 1.807) is 12.4 Å². The van der Waals surface area contributed by atoms with Gasteiger partial charge in [0.15, 0.2) is 5.65 Å². The Morgan fingerprint density at radius 1 is 1.10 bits per heavy atom. The molecule has 8 nitrogen and oxygen atoms in total. The number of hydrogen-bond acceptors (Lipinski definition) is 5. The van der Waals surface area contributed by atoms with Crippen LogP contribution in [0.4, 0.5) is 10.5 Å². The number of aromatic nitrogens is 3. The fourth-order valence-corrected chi connectivity index (χ4v) is 4.64. The Morgan fingerprint density at radius 3 is 2.45 bits per heavy atom. The molecule has 156 valence electrons. The third-order valence-electron chi connectivity index (χ3n) is 5.98. The summed E-state index contributed by atoms with van der Waals surface area (Å²) in [6.45, 7) is 10.8. The number of pyridine rings is 1. The number of rotatable bonds is 5. The number of urea groups is 1. The number of anilines is 1. The van der Waals surface area contributed by atoms with E-state index >= 15 is 0 Å². The number of imide groups is 1. The maximum absolute atomic E-state index is 13.5. The van der Waals surface area contributed by atoms with Crippen molar-refractivity contribution in [1.29, 1.82) is 0 Å². The van der Waals surface area contributed by atoms with E-state index in [1.165, 1.54) is 4.90 Å². The maximum Gasteiger partial charge on any atom is 0.327 e. The number of fused-ring (bicyclic) bond motifs is 1. The molecule has 1 N–H and O–H groups in total. The Morgan fingerprint density at radius 2 is 1.79 bits per heavy atom. The highest BCUT2D eigenvalue weighted by Crippen LogP contribution is 2.40. The van der Waals surface area contributed by atoms with Gasteiger partial charge in [-0.2, -0.15) is 5.10 Å². The smallest absolute Gasteiger partial charge is 0.327 e. The van der Waals surface area contributed by atoms with Crippen LogP contribution in [-0.2, 0) is 4.79 Å². The van der Waals surface area contributed by atoms with E-state index in [0.717, 1.165) is 16.7 Å². The second kappa shape index (κ2) is 7.31. The lowest BCUT2D eigenvalue weighted by Crippen LogP contribution is -2.57. The van der Waals surface area contributed by atoms with E-state index in [1.807, 2.05) is 24.8 Å². The molecule has 4 heterocycles. The number of carbonyl (C=O) groups is 2. The third kappa shape index (κ3) is 3.24. The van der Waals surface area contributed by atoms with Crippen molar-refractivity contribution in [1.82, 2.24) is 25.0 Å². The van der Waals surface area contributed by atoms with Crippen molar-refractivity contribution in [2.45, 2.75) is 46.1 Å². The molecular weight excluding hydrogens is 368 g/mol. The van der Waals surface area contributed by atoms with Gasteiger partial charge in [-0.25, -0.2) is 9.78 Å². The lowest BCUT2D eigenvalue weighted by Gasteiger charge is -2.43. The number of hydrogen-bond donors (Lipinski definition) is 1. The zero-order valence-electron chi connectivity index (χ0n) is 17.7. The van der Waals surface area contributed by atoms with Crippen LogP contribution in [0.15, 0.2) is 18.5 Å². The van der Waals surface area contributed by atoms with Crippen LogP contribution in [-0.4, -0.2) is 68.6 Å². The molecule has 0 unspecified atom stereocenters. The molecule has 0 bridgehead atoms. The first kappa shape index (κ1) is 19.7. The summed E-state index contributed by atoms with van der Waals surface area (Å²) in [6, 6.07) is 1.88. The Bertz CT molecular complexity index is 913. The van der Waals surface area contributed by atoms with Gasteiger partial charge in [-0.1, -0.05) is 27.7 Å². The highest BCUT2D eigenvalue weighted by molar-refractivity contribution is 6.07. The van der Waals surface area contributed by atoms with E-state index in [-0.39, 0.29) is 17.9 Å². The molecule has 2 saturated heterocycles. The summed E-state index contributed by atoms with van der Waals surface area (Å²) < 4.78 is 0. The van der Waals surface area contributed by atoms with Crippen molar-refractivity contribution in [3.63, 3.8) is 0 Å². The topological polar surface area (TPSA) is 85.4 Å². The summed E-state index contributed by atoms with van der Waals surface area (Å²) in [5.41, 5.74) is 1.12. The average molecular weight is 399 g/mol. The Balaban J connectivity index is 1.61. The van der Waals surface area contributed by atoms with Gasteiger partial charge in [0.2, 0.25) is 0 Å². The highest BCUT2D eigenvalue weighted by Gasteiger charge is 2.57. The van der Waals surface area contributed by atoms with Crippen molar-refractivity contribution in [3.05, 3.63) is 18.5 Å². The number of nitrogens with one attached hydrogen (secondary N) is 1. The molecule has 2 fully saturated rings. The van der Waals surface area contributed by atoms with Gasteiger partial charge in [0, 0.05) is 32.4 Å². The largest absolute Gasteiger partial charge is 0.371 e. The van der Waals surface area contributed by atoms with Crippen molar-refractivity contribution in [2.75, 3.05) is 31.1 Å². The van der Waals surface area contributed by atoms with Crippen LogP contribution < -0.4 is 4.90 Å². The molecule has 29 heavy (non-hydrogen) atoms. The molecule has 0 saturated carbocycles. The van der Waals surface area contributed by atoms with Gasteiger partial charge < -0.3 is 9.80 Å². The second-order valence-corrected chi connectivity index (χ2v) is 9.08. The third-order valence-corrected chi connectivity index (χ3v) is 5.98. The lowest BCUT2D eigenvalue weighted by atomic mass is 9.85. The van der Waals surface area contributed by atoms with Crippen LogP contribution in [0.1, 0.15) is 40.5 Å². The van der Waals surface area contributed by atoms with Gasteiger partial charge in [-0.05, 0) is 30.7 Å². The van der Waals surface area contributed by atoms with Gasteiger partial charge in [0.1, 0.15) is 5.54 Å². The van der Waals surface area contributed by atoms with Gasteiger partial charge >= 0.3 is 6.03 Å². The summed E-state index contributed by atoms with van der Waals surface area (Å²) in [7, 11) is 0. The summed E-state index contributed by atoms with van der Waals surface area (Å²) in [6.07, 6.45) is 4.85. The average Bonchev–Trinajstić information content (AvgIpc) is 3.23. The Kier molecular flexibility index (Phi) is 4.96. The number of aromatic amines is 1. The standard InChI is InChI=1S/C21H30N6O2/c1-14(2)12-26-19(28)21(27(20(26)29)13-15(3)4)6-9-25(10-7-21)17-5-8-22-18-16(17)11-23-24-18/h5,8,11,14-15H,6-7,9-10,12-13H2,1-4H3,(H,22,23,24). The number of nitrogens with zero attached hydrogens (tertiary/aromatic N) is 5. The number of amides is 3. The summed E-state index contributed by atoms with van der Waals surface area (Å²) >= 11 is 0.